The van der Waals surface area contributed by atoms with Crippen molar-refractivity contribution in [1.29, 1.82) is 0 Å². The van der Waals surface area contributed by atoms with Crippen molar-refractivity contribution in [3.63, 3.8) is 0 Å². The summed E-state index contributed by atoms with van der Waals surface area (Å²) in [6.45, 7) is 2.06. The third-order valence-electron chi connectivity index (χ3n) is 2.76. The van der Waals surface area contributed by atoms with Gasteiger partial charge in [0, 0.05) is 6.07 Å². The Morgan fingerprint density at radius 3 is 2.67 bits per heavy atom. The van der Waals surface area contributed by atoms with Gasteiger partial charge >= 0.3 is 5.63 Å². The summed E-state index contributed by atoms with van der Waals surface area (Å²) in [6.07, 6.45) is 1.18. The molecule has 1 aromatic rings. The van der Waals surface area contributed by atoms with Gasteiger partial charge in [0.15, 0.2) is 0 Å². The van der Waals surface area contributed by atoms with Crippen molar-refractivity contribution >= 4 is 0 Å². The summed E-state index contributed by atoms with van der Waals surface area (Å²) < 4.78 is 9.77. The number of unbranched alkanes of at least 4 members (excludes halogenated alkanes) is 2. The predicted molar refractivity (Wildman–Crippen MR) is 66.6 cm³/mol. The van der Waals surface area contributed by atoms with Crippen molar-refractivity contribution in [3.8, 4) is 5.75 Å². The minimum atomic E-state index is -1.20. The van der Waals surface area contributed by atoms with Crippen molar-refractivity contribution in [1.82, 2.24) is 0 Å². The van der Waals surface area contributed by atoms with E-state index in [0.29, 0.717) is 12.2 Å². The largest absolute Gasteiger partial charge is 0.496 e. The molecule has 0 saturated carbocycles. The van der Waals surface area contributed by atoms with E-state index >= 15 is 0 Å². The van der Waals surface area contributed by atoms with Gasteiger partial charge in [-0.3, -0.25) is 0 Å². The molecular formula is C13H20O5. The van der Waals surface area contributed by atoms with Crippen LogP contribution in [0.2, 0.25) is 0 Å². The quantitative estimate of drug-likeness (QED) is 0.725. The molecule has 0 aromatic carbocycles. The molecule has 0 spiro atoms. The first-order chi connectivity index (χ1) is 8.58. The fourth-order valence-corrected chi connectivity index (χ4v) is 1.69. The second kappa shape index (κ2) is 7.18. The molecule has 2 unspecified atom stereocenters. The highest BCUT2D eigenvalue weighted by Gasteiger charge is 2.21. The normalized spacial score (nSPS) is 14.2. The lowest BCUT2D eigenvalue weighted by Crippen LogP contribution is -2.19. The van der Waals surface area contributed by atoms with Crippen LogP contribution >= 0.6 is 0 Å². The molecule has 0 amide bonds. The summed E-state index contributed by atoms with van der Waals surface area (Å²) in [5.74, 6) is 0.337. The van der Waals surface area contributed by atoms with Crippen molar-refractivity contribution in [3.05, 3.63) is 28.3 Å². The monoisotopic (exact) mass is 256 g/mol. The van der Waals surface area contributed by atoms with Gasteiger partial charge in [-0.1, -0.05) is 26.2 Å². The highest BCUT2D eigenvalue weighted by molar-refractivity contribution is 5.21. The van der Waals surface area contributed by atoms with Gasteiger partial charge in [0.25, 0.3) is 0 Å². The van der Waals surface area contributed by atoms with Crippen molar-refractivity contribution in [2.75, 3.05) is 7.11 Å². The maximum Gasteiger partial charge on any atom is 0.339 e. The molecule has 1 aromatic heterocycles. The van der Waals surface area contributed by atoms with Crippen LogP contribution in [-0.4, -0.2) is 23.4 Å². The molecule has 0 aliphatic heterocycles. The second-order valence-corrected chi connectivity index (χ2v) is 4.23. The zero-order valence-corrected chi connectivity index (χ0v) is 10.8. The first-order valence-corrected chi connectivity index (χ1v) is 6.13. The third-order valence-corrected chi connectivity index (χ3v) is 2.76. The van der Waals surface area contributed by atoms with Gasteiger partial charge in [0.1, 0.15) is 17.6 Å². The smallest absolute Gasteiger partial charge is 0.339 e. The van der Waals surface area contributed by atoms with E-state index in [2.05, 4.69) is 6.92 Å². The van der Waals surface area contributed by atoms with E-state index in [1.54, 1.807) is 0 Å². The molecule has 0 saturated heterocycles. The standard InChI is InChI=1S/C13H20O5/c1-3-4-5-6-10(14)13(16)11-7-9(17-2)8-12(15)18-11/h7-8,10,13-14,16H,3-6H2,1-2H3. The van der Waals surface area contributed by atoms with Crippen LogP contribution in [0.25, 0.3) is 0 Å². The summed E-state index contributed by atoms with van der Waals surface area (Å²) in [5, 5.41) is 19.7. The second-order valence-electron chi connectivity index (χ2n) is 4.23. The summed E-state index contributed by atoms with van der Waals surface area (Å²) in [4.78, 5) is 11.2. The fourth-order valence-electron chi connectivity index (χ4n) is 1.69. The van der Waals surface area contributed by atoms with E-state index in [9.17, 15) is 15.0 Å². The van der Waals surface area contributed by atoms with E-state index in [4.69, 9.17) is 9.15 Å². The lowest BCUT2D eigenvalue weighted by atomic mass is 10.0. The maximum absolute atomic E-state index is 11.2. The van der Waals surface area contributed by atoms with Crippen molar-refractivity contribution in [2.45, 2.75) is 44.8 Å². The van der Waals surface area contributed by atoms with Gasteiger partial charge in [-0.15, -0.1) is 0 Å². The minimum Gasteiger partial charge on any atom is -0.496 e. The topological polar surface area (TPSA) is 79.9 Å². The Hall–Kier alpha value is -1.33. The number of methoxy groups -OCH3 is 1. The Morgan fingerprint density at radius 2 is 2.06 bits per heavy atom. The molecule has 0 aliphatic carbocycles. The van der Waals surface area contributed by atoms with Crippen LogP contribution in [0.3, 0.4) is 0 Å². The van der Waals surface area contributed by atoms with Crippen molar-refractivity contribution < 1.29 is 19.4 Å². The summed E-state index contributed by atoms with van der Waals surface area (Å²) >= 11 is 0. The van der Waals surface area contributed by atoms with Crippen LogP contribution in [0.15, 0.2) is 21.3 Å². The van der Waals surface area contributed by atoms with Gasteiger partial charge in [-0.2, -0.15) is 0 Å². The van der Waals surface area contributed by atoms with Gasteiger partial charge in [-0.25, -0.2) is 4.79 Å². The Balaban J connectivity index is 2.73. The van der Waals surface area contributed by atoms with Crippen LogP contribution in [0.4, 0.5) is 0 Å². The van der Waals surface area contributed by atoms with Crippen molar-refractivity contribution in [2.24, 2.45) is 0 Å². The lowest BCUT2D eigenvalue weighted by Gasteiger charge is -2.16. The minimum absolute atomic E-state index is 0.0309. The highest BCUT2D eigenvalue weighted by Crippen LogP contribution is 2.22. The molecule has 18 heavy (non-hydrogen) atoms. The Kier molecular flexibility index (Phi) is 5.88. The van der Waals surface area contributed by atoms with E-state index in [1.807, 2.05) is 0 Å². The predicted octanol–water partition coefficient (Wildman–Crippen LogP) is 1.62. The Labute approximate surface area is 106 Å². The molecule has 5 nitrogen and oxygen atoms in total. The molecule has 0 fully saturated rings. The Morgan fingerprint density at radius 1 is 1.33 bits per heavy atom. The average molecular weight is 256 g/mol. The van der Waals surface area contributed by atoms with Crippen LogP contribution in [-0.2, 0) is 0 Å². The molecule has 102 valence electrons. The molecule has 1 heterocycles. The number of aliphatic hydroxyl groups excluding tert-OH is 2. The van der Waals surface area contributed by atoms with E-state index < -0.39 is 17.8 Å². The molecule has 1 rings (SSSR count). The zero-order valence-electron chi connectivity index (χ0n) is 10.8. The molecule has 0 bridgehead atoms. The fraction of sp³-hybridized carbons (Fsp3) is 0.615. The van der Waals surface area contributed by atoms with Gasteiger partial charge in [0.2, 0.25) is 0 Å². The summed E-state index contributed by atoms with van der Waals surface area (Å²) in [7, 11) is 1.42. The molecule has 2 atom stereocenters. The van der Waals surface area contributed by atoms with Crippen LogP contribution in [0.1, 0.15) is 44.5 Å². The summed E-state index contributed by atoms with van der Waals surface area (Å²) in [6, 6.07) is 2.59. The van der Waals surface area contributed by atoms with Crippen LogP contribution < -0.4 is 10.4 Å². The highest BCUT2D eigenvalue weighted by atomic mass is 16.5. The Bertz CT molecular complexity index is 412. The van der Waals surface area contributed by atoms with Crippen LogP contribution in [0, 0.1) is 0 Å². The average Bonchev–Trinajstić information content (AvgIpc) is 2.37. The van der Waals surface area contributed by atoms with E-state index in [0.717, 1.165) is 19.3 Å². The first-order valence-electron chi connectivity index (χ1n) is 6.13. The molecule has 0 radical (unpaired) electrons. The van der Waals surface area contributed by atoms with Gasteiger partial charge < -0.3 is 19.4 Å². The van der Waals surface area contributed by atoms with Crippen LogP contribution in [0.5, 0.6) is 5.75 Å². The molecule has 0 aliphatic rings. The number of hydrogen-bond acceptors (Lipinski definition) is 5. The molecule has 2 N–H and O–H groups in total. The van der Waals surface area contributed by atoms with E-state index in [-0.39, 0.29) is 5.76 Å². The lowest BCUT2D eigenvalue weighted by molar-refractivity contribution is -0.00218. The van der Waals surface area contributed by atoms with E-state index in [1.165, 1.54) is 19.2 Å². The number of rotatable bonds is 7. The molecular weight excluding hydrogens is 236 g/mol. The SMILES string of the molecule is CCCCCC(O)C(O)c1cc(OC)cc(=O)o1. The van der Waals surface area contributed by atoms with Gasteiger partial charge in [-0.05, 0) is 6.42 Å². The number of ether oxygens (including phenoxy) is 1. The summed E-state index contributed by atoms with van der Waals surface area (Å²) in [5.41, 5.74) is -0.607. The third kappa shape index (κ3) is 4.16. The number of hydrogen-bond donors (Lipinski definition) is 2. The number of aliphatic hydroxyl groups is 2. The first kappa shape index (κ1) is 14.7. The van der Waals surface area contributed by atoms with Gasteiger partial charge in [0.05, 0.1) is 19.3 Å². The molecule has 5 heteroatoms. The maximum atomic E-state index is 11.2. The zero-order chi connectivity index (χ0) is 13.5.